The highest BCUT2D eigenvalue weighted by molar-refractivity contribution is 4.98. The van der Waals surface area contributed by atoms with Gasteiger partial charge in [-0.25, -0.2) is 0 Å². The van der Waals surface area contributed by atoms with Crippen LogP contribution in [0, 0.1) is 0 Å². The second kappa shape index (κ2) is 2.77. The summed E-state index contributed by atoms with van der Waals surface area (Å²) in [7, 11) is 0. The maximum atomic E-state index is 5.77. The van der Waals surface area contributed by atoms with Crippen molar-refractivity contribution in [1.82, 2.24) is 0 Å². The topological polar surface area (TPSA) is 55.4 Å². The zero-order chi connectivity index (χ0) is 11.0. The van der Waals surface area contributed by atoms with Crippen LogP contribution in [0.1, 0.15) is 13.8 Å². The van der Waals surface area contributed by atoms with Crippen LogP contribution in [0.5, 0.6) is 0 Å². The second-order valence-electron chi connectivity index (χ2n) is 4.82. The van der Waals surface area contributed by atoms with E-state index in [9.17, 15) is 0 Å². The van der Waals surface area contributed by atoms with Crippen molar-refractivity contribution in [3.63, 3.8) is 0 Å². The van der Waals surface area contributed by atoms with Crippen molar-refractivity contribution in [3.8, 4) is 0 Å². The minimum absolute atomic E-state index is 0.101. The predicted molar refractivity (Wildman–Crippen MR) is 48.2 cm³/mol. The molecule has 4 bridgehead atoms. The quantitative estimate of drug-likeness (QED) is 0.582. The molecule has 0 amide bonds. The Hall–Kier alpha value is -0.240. The Kier molecular flexibility index (Phi) is 1.69. The highest BCUT2D eigenvalue weighted by Gasteiger charge is 2.62. The summed E-state index contributed by atoms with van der Waals surface area (Å²) in [5.41, 5.74) is 0. The average molecular weight is 230 g/mol. The van der Waals surface area contributed by atoms with Crippen molar-refractivity contribution >= 4 is 0 Å². The number of hydrogen-bond acceptors (Lipinski definition) is 6. The van der Waals surface area contributed by atoms with Crippen molar-refractivity contribution in [2.75, 3.05) is 13.2 Å². The van der Waals surface area contributed by atoms with Gasteiger partial charge in [0.2, 0.25) is 0 Å². The fourth-order valence-electron chi connectivity index (χ4n) is 2.80. The van der Waals surface area contributed by atoms with Crippen LogP contribution in [0.3, 0.4) is 0 Å². The lowest BCUT2D eigenvalue weighted by atomic mass is 10.0. The monoisotopic (exact) mass is 230 g/mol. The van der Waals surface area contributed by atoms with E-state index in [-0.39, 0.29) is 24.4 Å². The van der Waals surface area contributed by atoms with E-state index >= 15 is 0 Å². The third-order valence-corrected chi connectivity index (χ3v) is 3.51. The van der Waals surface area contributed by atoms with E-state index in [1.165, 1.54) is 0 Å². The molecule has 6 nitrogen and oxygen atoms in total. The molecule has 90 valence electrons. The summed E-state index contributed by atoms with van der Waals surface area (Å²) >= 11 is 0. The predicted octanol–water partition coefficient (Wildman–Crippen LogP) is -0.0378. The molecular formula is C10H14O6. The molecule has 0 saturated carbocycles. The zero-order valence-corrected chi connectivity index (χ0v) is 9.17. The van der Waals surface area contributed by atoms with Crippen molar-refractivity contribution in [2.24, 2.45) is 0 Å². The summed E-state index contributed by atoms with van der Waals surface area (Å²) in [5, 5.41) is 0. The lowest BCUT2D eigenvalue weighted by molar-refractivity contribution is -0.451. The van der Waals surface area contributed by atoms with E-state index in [1.807, 2.05) is 0 Å². The number of hydrogen-bond donors (Lipinski definition) is 0. The molecule has 0 aromatic heterocycles. The van der Waals surface area contributed by atoms with Crippen molar-refractivity contribution in [3.05, 3.63) is 0 Å². The standard InChI is InChI=1S/C10H14O6/c1-9-11-3-5(13-9)8-7(15-9)6-4-12-10(2,14-6)16-8/h5-8H,3-4H2,1-2H3/t5-,6-,7-,8-,9?,10?/m1/s1. The fraction of sp³-hybridized carbons (Fsp3) is 1.00. The Morgan fingerprint density at radius 1 is 0.750 bits per heavy atom. The third-order valence-electron chi connectivity index (χ3n) is 3.51. The Morgan fingerprint density at radius 3 is 1.62 bits per heavy atom. The molecular weight excluding hydrogens is 216 g/mol. The first-order chi connectivity index (χ1) is 7.57. The number of ether oxygens (including phenoxy) is 6. The highest BCUT2D eigenvalue weighted by atomic mass is 17.0. The zero-order valence-electron chi connectivity index (χ0n) is 9.17. The molecule has 16 heavy (non-hydrogen) atoms. The molecule has 0 aromatic rings. The lowest BCUT2D eigenvalue weighted by Gasteiger charge is -2.45. The average Bonchev–Trinajstić information content (AvgIpc) is 2.71. The molecule has 0 N–H and O–H groups in total. The number of fused-ring (bicyclic) bond motifs is 7. The van der Waals surface area contributed by atoms with Gasteiger partial charge in [-0.2, -0.15) is 0 Å². The van der Waals surface area contributed by atoms with E-state index in [4.69, 9.17) is 28.4 Å². The van der Waals surface area contributed by atoms with Crippen LogP contribution < -0.4 is 0 Å². The van der Waals surface area contributed by atoms with E-state index in [0.29, 0.717) is 13.2 Å². The normalized spacial score (nSPS) is 63.4. The Labute approximate surface area is 92.7 Å². The SMILES string of the molecule is CC12OC[C@@H](O1)[C@H]1OC3(C)OC[C@@H](O3)[C@H]1O2. The van der Waals surface area contributed by atoms with Gasteiger partial charge in [0, 0.05) is 13.8 Å². The van der Waals surface area contributed by atoms with Crippen LogP contribution in [0.15, 0.2) is 0 Å². The van der Waals surface area contributed by atoms with Gasteiger partial charge >= 0.3 is 0 Å². The van der Waals surface area contributed by atoms with Gasteiger partial charge in [-0.05, 0) is 0 Å². The first-order valence-corrected chi connectivity index (χ1v) is 5.56. The molecule has 0 aliphatic carbocycles. The summed E-state index contributed by atoms with van der Waals surface area (Å²) in [6.45, 7) is 4.51. The Morgan fingerprint density at radius 2 is 1.19 bits per heavy atom. The summed E-state index contributed by atoms with van der Waals surface area (Å²) in [6, 6.07) is 0. The van der Waals surface area contributed by atoms with E-state index < -0.39 is 11.9 Å². The smallest absolute Gasteiger partial charge is 0.280 e. The third kappa shape index (κ3) is 1.17. The first kappa shape index (κ1) is 9.76. The number of rotatable bonds is 0. The van der Waals surface area contributed by atoms with Crippen LogP contribution >= 0.6 is 0 Å². The summed E-state index contributed by atoms with van der Waals surface area (Å²) in [6.07, 6.45) is -0.559. The molecule has 4 fully saturated rings. The molecule has 0 spiro atoms. The molecule has 6 atom stereocenters. The fourth-order valence-corrected chi connectivity index (χ4v) is 2.80. The van der Waals surface area contributed by atoms with Gasteiger partial charge in [0.15, 0.2) is 0 Å². The molecule has 6 heteroatoms. The summed E-state index contributed by atoms with van der Waals surface area (Å²) in [5.74, 6) is -1.90. The molecule has 0 aromatic carbocycles. The molecule has 4 rings (SSSR count). The van der Waals surface area contributed by atoms with Gasteiger partial charge in [-0.3, -0.25) is 0 Å². The van der Waals surface area contributed by atoms with E-state index in [0.717, 1.165) is 0 Å². The van der Waals surface area contributed by atoms with Gasteiger partial charge in [0.05, 0.1) is 13.2 Å². The molecule has 4 aliphatic heterocycles. The molecule has 4 saturated heterocycles. The Bertz CT molecular complexity index is 303. The maximum Gasteiger partial charge on any atom is 0.280 e. The Balaban J connectivity index is 1.69. The molecule has 4 heterocycles. The summed E-state index contributed by atoms with van der Waals surface area (Å²) in [4.78, 5) is 0. The van der Waals surface area contributed by atoms with Gasteiger partial charge < -0.3 is 28.4 Å². The van der Waals surface area contributed by atoms with Gasteiger partial charge in [-0.1, -0.05) is 0 Å². The first-order valence-electron chi connectivity index (χ1n) is 5.56. The van der Waals surface area contributed by atoms with E-state index in [2.05, 4.69) is 0 Å². The van der Waals surface area contributed by atoms with Crippen molar-refractivity contribution in [2.45, 2.75) is 50.2 Å². The lowest BCUT2D eigenvalue weighted by Crippen LogP contribution is -2.61. The van der Waals surface area contributed by atoms with Gasteiger partial charge in [-0.15, -0.1) is 0 Å². The molecule has 4 aliphatic rings. The van der Waals surface area contributed by atoms with Gasteiger partial charge in [0.25, 0.3) is 11.9 Å². The van der Waals surface area contributed by atoms with Crippen LogP contribution in [0.2, 0.25) is 0 Å². The molecule has 2 unspecified atom stereocenters. The van der Waals surface area contributed by atoms with Crippen LogP contribution in [-0.2, 0) is 28.4 Å². The summed E-state index contributed by atoms with van der Waals surface area (Å²) < 4.78 is 33.8. The largest absolute Gasteiger partial charge is 0.325 e. The van der Waals surface area contributed by atoms with Crippen molar-refractivity contribution in [1.29, 1.82) is 0 Å². The second-order valence-corrected chi connectivity index (χ2v) is 4.82. The van der Waals surface area contributed by atoms with Crippen LogP contribution in [0.25, 0.3) is 0 Å². The van der Waals surface area contributed by atoms with Crippen molar-refractivity contribution < 1.29 is 28.4 Å². The van der Waals surface area contributed by atoms with Gasteiger partial charge in [0.1, 0.15) is 24.4 Å². The minimum Gasteiger partial charge on any atom is -0.325 e. The molecule has 0 radical (unpaired) electrons. The van der Waals surface area contributed by atoms with Crippen LogP contribution in [-0.4, -0.2) is 49.6 Å². The minimum atomic E-state index is -0.950. The maximum absolute atomic E-state index is 5.77. The van der Waals surface area contributed by atoms with E-state index in [1.54, 1.807) is 13.8 Å². The van der Waals surface area contributed by atoms with Crippen LogP contribution in [0.4, 0.5) is 0 Å². The highest BCUT2D eigenvalue weighted by Crippen LogP contribution is 2.45.